The summed E-state index contributed by atoms with van der Waals surface area (Å²) in [7, 11) is 1.65. The van der Waals surface area contributed by atoms with Crippen LogP contribution in [0.5, 0.6) is 0 Å². The van der Waals surface area contributed by atoms with Crippen LogP contribution in [0.3, 0.4) is 0 Å². The molecule has 0 aromatic carbocycles. The largest absolute Gasteiger partial charge is 0.377 e. The Bertz CT molecular complexity index is 367. The first-order valence-electron chi connectivity index (χ1n) is 6.63. The first-order chi connectivity index (χ1) is 8.74. The molecule has 102 valence electrons. The average molecular weight is 253 g/mol. The van der Waals surface area contributed by atoms with Crippen molar-refractivity contribution in [3.05, 3.63) is 17.5 Å². The Hall–Kier alpha value is -0.910. The van der Waals surface area contributed by atoms with E-state index in [-0.39, 0.29) is 0 Å². The molecule has 1 aliphatic rings. The third kappa shape index (κ3) is 3.10. The molecule has 1 aliphatic heterocycles. The van der Waals surface area contributed by atoms with Gasteiger partial charge in [0.05, 0.1) is 5.69 Å². The van der Waals surface area contributed by atoms with Gasteiger partial charge in [0.15, 0.2) is 5.76 Å². The van der Waals surface area contributed by atoms with E-state index in [1.54, 1.807) is 7.11 Å². The lowest BCUT2D eigenvalue weighted by Gasteiger charge is -2.39. The van der Waals surface area contributed by atoms with Gasteiger partial charge in [-0.1, -0.05) is 11.6 Å². The van der Waals surface area contributed by atoms with Crippen molar-refractivity contribution >= 4 is 0 Å². The lowest BCUT2D eigenvalue weighted by Crippen LogP contribution is -2.48. The van der Waals surface area contributed by atoms with E-state index in [0.29, 0.717) is 25.2 Å². The second-order valence-electron chi connectivity index (χ2n) is 5.06. The molecule has 2 unspecified atom stereocenters. The number of likely N-dealkylation sites (tertiary alicyclic amines) is 1. The molecule has 1 aromatic heterocycles. The fourth-order valence-electron chi connectivity index (χ4n) is 2.71. The van der Waals surface area contributed by atoms with Gasteiger partial charge in [-0.3, -0.25) is 4.90 Å². The highest BCUT2D eigenvalue weighted by atomic mass is 16.5. The van der Waals surface area contributed by atoms with Crippen molar-refractivity contribution < 1.29 is 9.26 Å². The van der Waals surface area contributed by atoms with Crippen LogP contribution in [0.2, 0.25) is 0 Å². The van der Waals surface area contributed by atoms with Gasteiger partial charge in [0, 0.05) is 38.3 Å². The molecule has 0 spiro atoms. The van der Waals surface area contributed by atoms with Crippen molar-refractivity contribution in [1.82, 2.24) is 10.1 Å². The minimum atomic E-state index is 0.469. The molecule has 0 aliphatic carbocycles. The van der Waals surface area contributed by atoms with Crippen LogP contribution >= 0.6 is 0 Å². The fourth-order valence-corrected chi connectivity index (χ4v) is 2.71. The standard InChI is InChI=1S/C13H23N3O2/c1-10-4-3-5-12(7-14)16(10)8-11-6-13(9-17-2)18-15-11/h6,10,12H,3-5,7-9,14H2,1-2H3. The molecule has 0 bridgehead atoms. The van der Waals surface area contributed by atoms with E-state index in [0.717, 1.165) is 18.0 Å². The van der Waals surface area contributed by atoms with Crippen LogP contribution in [0.15, 0.2) is 10.6 Å². The fraction of sp³-hybridized carbons (Fsp3) is 0.769. The Balaban J connectivity index is 2.00. The van der Waals surface area contributed by atoms with E-state index >= 15 is 0 Å². The summed E-state index contributed by atoms with van der Waals surface area (Å²) in [6, 6.07) is 3.00. The summed E-state index contributed by atoms with van der Waals surface area (Å²) in [6.07, 6.45) is 3.69. The summed E-state index contributed by atoms with van der Waals surface area (Å²) in [5.74, 6) is 0.779. The molecular formula is C13H23N3O2. The molecule has 0 amide bonds. The third-order valence-electron chi connectivity index (χ3n) is 3.71. The van der Waals surface area contributed by atoms with Crippen molar-refractivity contribution in [1.29, 1.82) is 0 Å². The SMILES string of the molecule is COCc1cc(CN2C(C)CCCC2CN)no1. The van der Waals surface area contributed by atoms with Gasteiger partial charge in [-0.25, -0.2) is 0 Å². The number of hydrogen-bond acceptors (Lipinski definition) is 5. The number of rotatable bonds is 5. The van der Waals surface area contributed by atoms with E-state index in [2.05, 4.69) is 17.0 Å². The van der Waals surface area contributed by atoms with Crippen molar-refractivity contribution in [2.75, 3.05) is 13.7 Å². The number of piperidine rings is 1. The molecule has 2 rings (SSSR count). The van der Waals surface area contributed by atoms with Crippen LogP contribution in [-0.2, 0) is 17.9 Å². The van der Waals surface area contributed by atoms with Crippen molar-refractivity contribution in [2.24, 2.45) is 5.73 Å². The number of nitrogens with two attached hydrogens (primary N) is 1. The highest BCUT2D eigenvalue weighted by Gasteiger charge is 2.27. The van der Waals surface area contributed by atoms with Gasteiger partial charge in [-0.2, -0.15) is 0 Å². The van der Waals surface area contributed by atoms with Crippen LogP contribution in [0, 0.1) is 0 Å². The Morgan fingerprint density at radius 1 is 1.56 bits per heavy atom. The maximum atomic E-state index is 5.86. The lowest BCUT2D eigenvalue weighted by atomic mass is 9.96. The Labute approximate surface area is 108 Å². The van der Waals surface area contributed by atoms with Gasteiger partial charge in [-0.05, 0) is 19.8 Å². The second kappa shape index (κ2) is 6.31. The first-order valence-corrected chi connectivity index (χ1v) is 6.63. The van der Waals surface area contributed by atoms with Gasteiger partial charge >= 0.3 is 0 Å². The summed E-state index contributed by atoms with van der Waals surface area (Å²) in [6.45, 7) is 4.27. The van der Waals surface area contributed by atoms with Crippen LogP contribution in [0.25, 0.3) is 0 Å². The Kier molecular flexibility index (Phi) is 4.74. The van der Waals surface area contributed by atoms with Crippen LogP contribution in [0.4, 0.5) is 0 Å². The molecule has 1 saturated heterocycles. The van der Waals surface area contributed by atoms with Crippen molar-refractivity contribution in [3.63, 3.8) is 0 Å². The predicted molar refractivity (Wildman–Crippen MR) is 68.9 cm³/mol. The number of aromatic nitrogens is 1. The Morgan fingerprint density at radius 2 is 2.39 bits per heavy atom. The normalized spacial score (nSPS) is 25.5. The highest BCUT2D eigenvalue weighted by Crippen LogP contribution is 2.24. The minimum Gasteiger partial charge on any atom is -0.377 e. The van der Waals surface area contributed by atoms with Crippen LogP contribution in [0.1, 0.15) is 37.6 Å². The highest BCUT2D eigenvalue weighted by molar-refractivity contribution is 5.05. The number of methoxy groups -OCH3 is 1. The van der Waals surface area contributed by atoms with Gasteiger partial charge < -0.3 is 15.0 Å². The number of nitrogens with zero attached hydrogens (tertiary/aromatic N) is 2. The monoisotopic (exact) mass is 253 g/mol. The molecule has 1 fully saturated rings. The summed E-state index contributed by atoms with van der Waals surface area (Å²) in [4.78, 5) is 2.44. The Morgan fingerprint density at radius 3 is 3.11 bits per heavy atom. The molecule has 5 heteroatoms. The predicted octanol–water partition coefficient (Wildman–Crippen LogP) is 1.52. The zero-order valence-electron chi connectivity index (χ0n) is 11.3. The van der Waals surface area contributed by atoms with Crippen LogP contribution < -0.4 is 5.73 Å². The van der Waals surface area contributed by atoms with Gasteiger partial charge in [-0.15, -0.1) is 0 Å². The molecule has 2 heterocycles. The van der Waals surface area contributed by atoms with Crippen molar-refractivity contribution in [3.8, 4) is 0 Å². The van der Waals surface area contributed by atoms with Gasteiger partial charge in [0.2, 0.25) is 0 Å². The quantitative estimate of drug-likeness (QED) is 0.862. The number of ether oxygens (including phenoxy) is 1. The van der Waals surface area contributed by atoms with Gasteiger partial charge in [0.1, 0.15) is 6.61 Å². The van der Waals surface area contributed by atoms with E-state index in [4.69, 9.17) is 15.0 Å². The zero-order valence-corrected chi connectivity index (χ0v) is 11.3. The maximum Gasteiger partial charge on any atom is 0.162 e. The van der Waals surface area contributed by atoms with E-state index in [1.807, 2.05) is 6.07 Å². The van der Waals surface area contributed by atoms with Crippen molar-refractivity contribution in [2.45, 2.75) is 51.4 Å². The average Bonchev–Trinajstić information content (AvgIpc) is 2.80. The first kappa shape index (κ1) is 13.5. The van der Waals surface area contributed by atoms with E-state index in [1.165, 1.54) is 19.3 Å². The molecule has 2 atom stereocenters. The third-order valence-corrected chi connectivity index (χ3v) is 3.71. The second-order valence-corrected chi connectivity index (χ2v) is 5.06. The van der Waals surface area contributed by atoms with E-state index in [9.17, 15) is 0 Å². The number of hydrogen-bond donors (Lipinski definition) is 1. The van der Waals surface area contributed by atoms with E-state index < -0.39 is 0 Å². The molecule has 2 N–H and O–H groups in total. The molecular weight excluding hydrogens is 230 g/mol. The van der Waals surface area contributed by atoms with Crippen LogP contribution in [-0.4, -0.2) is 35.8 Å². The summed E-state index contributed by atoms with van der Waals surface area (Å²) < 4.78 is 10.2. The molecule has 0 saturated carbocycles. The molecule has 5 nitrogen and oxygen atoms in total. The molecule has 1 aromatic rings. The minimum absolute atomic E-state index is 0.469. The zero-order chi connectivity index (χ0) is 13.0. The summed E-state index contributed by atoms with van der Waals surface area (Å²) in [5, 5.41) is 4.09. The summed E-state index contributed by atoms with van der Waals surface area (Å²) in [5.41, 5.74) is 6.82. The topological polar surface area (TPSA) is 64.5 Å². The maximum absolute atomic E-state index is 5.86. The van der Waals surface area contributed by atoms with Gasteiger partial charge in [0.25, 0.3) is 0 Å². The molecule has 18 heavy (non-hydrogen) atoms. The summed E-state index contributed by atoms with van der Waals surface area (Å²) >= 11 is 0. The molecule has 0 radical (unpaired) electrons. The smallest absolute Gasteiger partial charge is 0.162 e. The lowest BCUT2D eigenvalue weighted by molar-refractivity contribution is 0.0864.